The highest BCUT2D eigenvalue weighted by atomic mass is 16.5. The van der Waals surface area contributed by atoms with Gasteiger partial charge in [0, 0.05) is 23.1 Å². The zero-order chi connectivity index (χ0) is 19.2. The summed E-state index contributed by atoms with van der Waals surface area (Å²) in [5.74, 6) is 0.956. The molecule has 0 amide bonds. The van der Waals surface area contributed by atoms with Crippen LogP contribution in [0.25, 0.3) is 10.8 Å². The van der Waals surface area contributed by atoms with E-state index in [1.165, 1.54) is 21.9 Å². The molecule has 0 aromatic heterocycles. The van der Waals surface area contributed by atoms with Gasteiger partial charge in [0.15, 0.2) is 0 Å². The number of hydrazone groups is 1. The van der Waals surface area contributed by atoms with Crippen LogP contribution >= 0.6 is 0 Å². The van der Waals surface area contributed by atoms with Crippen molar-refractivity contribution in [1.82, 2.24) is 5.01 Å². The molecule has 6 rings (SSSR count). The summed E-state index contributed by atoms with van der Waals surface area (Å²) >= 11 is 0. The lowest BCUT2D eigenvalue weighted by Crippen LogP contribution is -2.33. The fraction of sp³-hybridized carbons (Fsp3) is 0.115. The third-order valence-corrected chi connectivity index (χ3v) is 5.88. The lowest BCUT2D eigenvalue weighted by Gasteiger charge is -2.38. The quantitative estimate of drug-likeness (QED) is 0.423. The average Bonchev–Trinajstić information content (AvgIpc) is 3.24. The largest absolute Gasteiger partial charge is 0.464 e. The molecule has 2 aliphatic rings. The van der Waals surface area contributed by atoms with Gasteiger partial charge in [-0.1, -0.05) is 91.0 Å². The molecule has 4 aromatic rings. The van der Waals surface area contributed by atoms with E-state index < -0.39 is 0 Å². The van der Waals surface area contributed by atoms with Crippen LogP contribution < -0.4 is 4.74 Å². The first-order valence-corrected chi connectivity index (χ1v) is 10.0. The van der Waals surface area contributed by atoms with E-state index in [0.717, 1.165) is 23.4 Å². The van der Waals surface area contributed by atoms with Gasteiger partial charge < -0.3 is 4.74 Å². The minimum Gasteiger partial charge on any atom is -0.464 e. The zero-order valence-corrected chi connectivity index (χ0v) is 15.9. The molecule has 2 atom stereocenters. The van der Waals surface area contributed by atoms with E-state index in [1.54, 1.807) is 0 Å². The fourth-order valence-electron chi connectivity index (χ4n) is 4.51. The predicted molar refractivity (Wildman–Crippen MR) is 116 cm³/mol. The van der Waals surface area contributed by atoms with Gasteiger partial charge in [0.25, 0.3) is 0 Å². The molecular weight excluding hydrogens is 356 g/mol. The topological polar surface area (TPSA) is 24.8 Å². The second-order valence-corrected chi connectivity index (χ2v) is 7.59. The molecule has 0 radical (unpaired) electrons. The van der Waals surface area contributed by atoms with Gasteiger partial charge in [-0.2, -0.15) is 5.10 Å². The maximum Gasteiger partial charge on any atom is 0.213 e. The molecule has 2 aliphatic heterocycles. The standard InChI is InChI=1S/C26H20N2O/c1-2-10-19(11-3-1)26-28-24(22-14-6-7-16-25(22)29-26)17-23(27-28)21-15-8-12-18-9-4-5-13-20(18)21/h1-16,24,26H,17H2/t24-,26+/m0/s1. The van der Waals surface area contributed by atoms with Crippen LogP contribution in [-0.2, 0) is 0 Å². The van der Waals surface area contributed by atoms with Crippen molar-refractivity contribution in [2.45, 2.75) is 18.7 Å². The van der Waals surface area contributed by atoms with Gasteiger partial charge in [0.2, 0.25) is 6.23 Å². The predicted octanol–water partition coefficient (Wildman–Crippen LogP) is 6.08. The molecule has 2 heterocycles. The van der Waals surface area contributed by atoms with Gasteiger partial charge >= 0.3 is 0 Å². The van der Waals surface area contributed by atoms with E-state index in [1.807, 2.05) is 12.1 Å². The Morgan fingerprint density at radius 2 is 1.52 bits per heavy atom. The van der Waals surface area contributed by atoms with E-state index >= 15 is 0 Å². The number of hydrogen-bond donors (Lipinski definition) is 0. The summed E-state index contributed by atoms with van der Waals surface area (Å²) in [5, 5.41) is 9.75. The van der Waals surface area contributed by atoms with E-state index in [9.17, 15) is 0 Å². The Hall–Kier alpha value is -3.59. The summed E-state index contributed by atoms with van der Waals surface area (Å²) in [7, 11) is 0. The molecule has 0 unspecified atom stereocenters. The van der Waals surface area contributed by atoms with Gasteiger partial charge in [-0.15, -0.1) is 0 Å². The Morgan fingerprint density at radius 3 is 2.45 bits per heavy atom. The van der Waals surface area contributed by atoms with Gasteiger partial charge in [-0.25, -0.2) is 5.01 Å². The molecule has 3 heteroatoms. The normalized spacial score (nSPS) is 20.0. The van der Waals surface area contributed by atoms with Crippen LogP contribution in [-0.4, -0.2) is 10.7 Å². The molecule has 0 bridgehead atoms. The smallest absolute Gasteiger partial charge is 0.213 e. The second-order valence-electron chi connectivity index (χ2n) is 7.59. The first-order valence-electron chi connectivity index (χ1n) is 10.0. The van der Waals surface area contributed by atoms with Crippen LogP contribution in [0.4, 0.5) is 0 Å². The van der Waals surface area contributed by atoms with Crippen molar-refractivity contribution in [3.63, 3.8) is 0 Å². The maximum atomic E-state index is 6.42. The summed E-state index contributed by atoms with van der Waals surface area (Å²) < 4.78 is 6.42. The summed E-state index contributed by atoms with van der Waals surface area (Å²) in [4.78, 5) is 0. The van der Waals surface area contributed by atoms with Gasteiger partial charge in [0.05, 0.1) is 11.8 Å². The molecule has 0 N–H and O–H groups in total. The Labute approximate surface area is 169 Å². The van der Waals surface area contributed by atoms with Crippen molar-refractivity contribution in [2.24, 2.45) is 5.10 Å². The van der Waals surface area contributed by atoms with E-state index in [4.69, 9.17) is 9.84 Å². The first-order chi connectivity index (χ1) is 14.4. The second kappa shape index (κ2) is 6.49. The molecular formula is C26H20N2O. The monoisotopic (exact) mass is 376 g/mol. The van der Waals surface area contributed by atoms with Crippen molar-refractivity contribution < 1.29 is 4.74 Å². The highest BCUT2D eigenvalue weighted by molar-refractivity contribution is 6.11. The number of rotatable bonds is 2. The van der Waals surface area contributed by atoms with Crippen LogP contribution in [0.2, 0.25) is 0 Å². The number of para-hydroxylation sites is 1. The Morgan fingerprint density at radius 1 is 0.759 bits per heavy atom. The van der Waals surface area contributed by atoms with E-state index in [-0.39, 0.29) is 12.3 Å². The summed E-state index contributed by atoms with van der Waals surface area (Å²) in [6.45, 7) is 0. The number of hydrogen-bond acceptors (Lipinski definition) is 3. The summed E-state index contributed by atoms with van der Waals surface area (Å²) in [6.07, 6.45) is 0.654. The highest BCUT2D eigenvalue weighted by Crippen LogP contribution is 2.47. The van der Waals surface area contributed by atoms with Gasteiger partial charge in [-0.05, 0) is 16.8 Å². The number of nitrogens with zero attached hydrogens (tertiary/aromatic N) is 2. The third kappa shape index (κ3) is 2.62. The molecule has 0 saturated carbocycles. The molecule has 29 heavy (non-hydrogen) atoms. The van der Waals surface area contributed by atoms with Gasteiger partial charge in [-0.3, -0.25) is 0 Å². The van der Waals surface area contributed by atoms with Crippen LogP contribution in [0.1, 0.15) is 35.4 Å². The summed E-state index contributed by atoms with van der Waals surface area (Å²) in [5.41, 5.74) is 4.66. The average molecular weight is 376 g/mol. The van der Waals surface area contributed by atoms with E-state index in [0.29, 0.717) is 0 Å². The fourth-order valence-corrected chi connectivity index (χ4v) is 4.51. The first kappa shape index (κ1) is 16.4. The molecule has 4 aromatic carbocycles. The third-order valence-electron chi connectivity index (χ3n) is 5.88. The van der Waals surface area contributed by atoms with E-state index in [2.05, 4.69) is 89.9 Å². The Kier molecular flexibility index (Phi) is 3.66. The molecule has 0 aliphatic carbocycles. The van der Waals surface area contributed by atoms with Crippen molar-refractivity contribution >= 4 is 16.5 Å². The molecule has 0 saturated heterocycles. The van der Waals surface area contributed by atoms with Crippen LogP contribution in [0.5, 0.6) is 5.75 Å². The number of benzene rings is 4. The van der Waals surface area contributed by atoms with Crippen molar-refractivity contribution in [3.05, 3.63) is 114 Å². The van der Waals surface area contributed by atoms with Crippen LogP contribution in [0, 0.1) is 0 Å². The van der Waals surface area contributed by atoms with Crippen LogP contribution in [0.15, 0.2) is 102 Å². The Bertz CT molecular complexity index is 1230. The zero-order valence-electron chi connectivity index (χ0n) is 15.9. The lowest BCUT2D eigenvalue weighted by molar-refractivity contribution is -0.0190. The molecule has 3 nitrogen and oxygen atoms in total. The Balaban J connectivity index is 1.50. The number of ether oxygens (including phenoxy) is 1. The minimum atomic E-state index is -0.219. The lowest BCUT2D eigenvalue weighted by atomic mass is 9.94. The van der Waals surface area contributed by atoms with Crippen LogP contribution in [0.3, 0.4) is 0 Å². The van der Waals surface area contributed by atoms with Crippen molar-refractivity contribution in [1.29, 1.82) is 0 Å². The molecule has 0 fully saturated rings. The maximum absolute atomic E-state index is 6.42. The number of fused-ring (bicyclic) bond motifs is 4. The van der Waals surface area contributed by atoms with Crippen molar-refractivity contribution in [3.8, 4) is 5.75 Å². The SMILES string of the molecule is c1ccc([C@H]2Oc3ccccc3[C@@H]3CC(c4cccc5ccccc45)=NN23)cc1. The summed E-state index contributed by atoms with van der Waals surface area (Å²) in [6, 6.07) is 33.9. The van der Waals surface area contributed by atoms with Crippen molar-refractivity contribution in [2.75, 3.05) is 0 Å². The highest BCUT2D eigenvalue weighted by Gasteiger charge is 2.40. The molecule has 140 valence electrons. The molecule has 0 spiro atoms. The van der Waals surface area contributed by atoms with Gasteiger partial charge in [0.1, 0.15) is 5.75 Å². The minimum absolute atomic E-state index is 0.180.